The predicted molar refractivity (Wildman–Crippen MR) is 49.7 cm³/mol. The molecule has 0 saturated carbocycles. The van der Waals surface area contributed by atoms with Gasteiger partial charge in [0.1, 0.15) is 0 Å². The van der Waals surface area contributed by atoms with Crippen LogP contribution in [0.4, 0.5) is 13.2 Å². The lowest BCUT2D eigenvalue weighted by molar-refractivity contribution is -0.137. The minimum Gasteiger partial charge on any atom is -0.366 e. The first-order valence-corrected chi connectivity index (χ1v) is 4.28. The van der Waals surface area contributed by atoms with Crippen molar-refractivity contribution >= 4 is 17.5 Å². The zero-order valence-electron chi connectivity index (χ0n) is 7.65. The Morgan fingerprint density at radius 1 is 1.40 bits per heavy atom. The lowest BCUT2D eigenvalue weighted by Gasteiger charge is -2.12. The van der Waals surface area contributed by atoms with Gasteiger partial charge in [-0.3, -0.25) is 4.79 Å². The number of carbonyl (C=O) groups is 1. The summed E-state index contributed by atoms with van der Waals surface area (Å²) in [4.78, 5) is 10.8. The van der Waals surface area contributed by atoms with Crippen LogP contribution in [0.5, 0.6) is 0 Å². The molecule has 0 aromatic heterocycles. The normalized spacial score (nSPS) is 11.5. The summed E-state index contributed by atoms with van der Waals surface area (Å²) in [6.45, 7) is 1.49. The summed E-state index contributed by atoms with van der Waals surface area (Å²) in [7, 11) is 0. The summed E-state index contributed by atoms with van der Waals surface area (Å²) >= 11 is 5.54. The molecule has 0 aliphatic carbocycles. The number of rotatable bonds is 1. The summed E-state index contributed by atoms with van der Waals surface area (Å²) in [5.74, 6) is -1.12. The Hall–Kier alpha value is -1.23. The second-order valence-electron chi connectivity index (χ2n) is 3.01. The second-order valence-corrected chi connectivity index (χ2v) is 3.42. The van der Waals surface area contributed by atoms with Crippen molar-refractivity contribution in [1.82, 2.24) is 0 Å². The number of aryl methyl sites for hydroxylation is 1. The number of alkyl halides is 3. The van der Waals surface area contributed by atoms with E-state index in [0.717, 1.165) is 6.07 Å². The fourth-order valence-corrected chi connectivity index (χ4v) is 1.28. The van der Waals surface area contributed by atoms with E-state index < -0.39 is 23.2 Å². The first kappa shape index (κ1) is 11.8. The van der Waals surface area contributed by atoms with Crippen LogP contribution in [-0.4, -0.2) is 5.91 Å². The second kappa shape index (κ2) is 3.73. The largest absolute Gasteiger partial charge is 0.417 e. The molecule has 2 N–H and O–H groups in total. The molecule has 0 saturated heterocycles. The zero-order chi connectivity index (χ0) is 11.8. The van der Waals surface area contributed by atoms with E-state index in [1.807, 2.05) is 0 Å². The lowest BCUT2D eigenvalue weighted by Crippen LogP contribution is -2.19. The first-order chi connectivity index (χ1) is 6.73. The Morgan fingerprint density at radius 3 is 2.33 bits per heavy atom. The van der Waals surface area contributed by atoms with Gasteiger partial charge in [-0.2, -0.15) is 13.2 Å². The molecule has 0 fully saturated rings. The SMILES string of the molecule is Cc1cc(C(N)=O)c(C(F)(F)F)cc1Cl. The predicted octanol–water partition coefficient (Wildman–Crippen LogP) is 2.77. The van der Waals surface area contributed by atoms with Crippen molar-refractivity contribution in [2.24, 2.45) is 5.73 Å². The summed E-state index contributed by atoms with van der Waals surface area (Å²) in [5, 5.41) is -0.0488. The minimum atomic E-state index is -4.64. The Bertz CT molecular complexity index is 415. The van der Waals surface area contributed by atoms with Crippen LogP contribution in [0.2, 0.25) is 5.02 Å². The highest BCUT2D eigenvalue weighted by molar-refractivity contribution is 6.31. The van der Waals surface area contributed by atoms with Crippen molar-refractivity contribution in [3.05, 3.63) is 33.8 Å². The monoisotopic (exact) mass is 237 g/mol. The van der Waals surface area contributed by atoms with Crippen molar-refractivity contribution in [3.63, 3.8) is 0 Å². The number of primary amides is 1. The number of halogens is 4. The Labute approximate surface area is 88.8 Å². The molecule has 0 heterocycles. The van der Waals surface area contributed by atoms with Gasteiger partial charge in [-0.1, -0.05) is 11.6 Å². The van der Waals surface area contributed by atoms with Crippen molar-refractivity contribution < 1.29 is 18.0 Å². The Morgan fingerprint density at radius 2 is 1.93 bits per heavy atom. The number of amides is 1. The van der Waals surface area contributed by atoms with E-state index in [4.69, 9.17) is 17.3 Å². The van der Waals surface area contributed by atoms with Crippen molar-refractivity contribution in [2.45, 2.75) is 13.1 Å². The number of hydrogen-bond acceptors (Lipinski definition) is 1. The molecule has 0 bridgehead atoms. The van der Waals surface area contributed by atoms with E-state index in [2.05, 4.69) is 0 Å². The van der Waals surface area contributed by atoms with Gasteiger partial charge in [-0.05, 0) is 24.6 Å². The van der Waals surface area contributed by atoms with Gasteiger partial charge >= 0.3 is 6.18 Å². The molecule has 0 unspecified atom stereocenters. The molecule has 1 rings (SSSR count). The fraction of sp³-hybridized carbons (Fsp3) is 0.222. The van der Waals surface area contributed by atoms with E-state index in [9.17, 15) is 18.0 Å². The molecule has 0 aliphatic heterocycles. The van der Waals surface area contributed by atoms with Crippen LogP contribution in [0.1, 0.15) is 21.5 Å². The van der Waals surface area contributed by atoms with Gasteiger partial charge in [0.15, 0.2) is 0 Å². The summed E-state index contributed by atoms with van der Waals surface area (Å²) in [6.07, 6.45) is -4.64. The van der Waals surface area contributed by atoms with Crippen molar-refractivity contribution in [2.75, 3.05) is 0 Å². The summed E-state index contributed by atoms with van der Waals surface area (Å²) in [5.41, 5.74) is 3.55. The average molecular weight is 238 g/mol. The smallest absolute Gasteiger partial charge is 0.366 e. The van der Waals surface area contributed by atoms with Gasteiger partial charge < -0.3 is 5.73 Å². The molecule has 82 valence electrons. The van der Waals surface area contributed by atoms with E-state index in [-0.39, 0.29) is 5.02 Å². The molecule has 1 aromatic rings. The highest BCUT2D eigenvalue weighted by Gasteiger charge is 2.35. The molecule has 0 radical (unpaired) electrons. The molecule has 2 nitrogen and oxygen atoms in total. The van der Waals surface area contributed by atoms with Crippen LogP contribution in [0, 0.1) is 6.92 Å². The third-order valence-corrected chi connectivity index (χ3v) is 2.28. The number of benzene rings is 1. The van der Waals surface area contributed by atoms with Gasteiger partial charge in [-0.25, -0.2) is 0 Å². The van der Waals surface area contributed by atoms with Gasteiger partial charge in [0.2, 0.25) is 5.91 Å². The topological polar surface area (TPSA) is 43.1 Å². The average Bonchev–Trinajstić information content (AvgIpc) is 2.06. The summed E-state index contributed by atoms with van der Waals surface area (Å²) < 4.78 is 37.4. The highest BCUT2D eigenvalue weighted by atomic mass is 35.5. The molecule has 1 aromatic carbocycles. The van der Waals surface area contributed by atoms with Gasteiger partial charge in [0, 0.05) is 5.02 Å². The maximum atomic E-state index is 12.5. The zero-order valence-corrected chi connectivity index (χ0v) is 8.41. The fourth-order valence-electron chi connectivity index (χ4n) is 1.12. The standard InChI is InChI=1S/C9H7ClF3NO/c1-4-2-5(8(14)15)6(3-7(4)10)9(11,12)13/h2-3H,1H3,(H2,14,15). The first-order valence-electron chi connectivity index (χ1n) is 3.90. The highest BCUT2D eigenvalue weighted by Crippen LogP contribution is 2.34. The molecule has 0 spiro atoms. The Kier molecular flexibility index (Phi) is 2.95. The lowest BCUT2D eigenvalue weighted by atomic mass is 10.0. The third-order valence-electron chi connectivity index (χ3n) is 1.87. The number of hydrogen-bond donors (Lipinski definition) is 1. The van der Waals surface area contributed by atoms with Crippen molar-refractivity contribution in [1.29, 1.82) is 0 Å². The van der Waals surface area contributed by atoms with E-state index >= 15 is 0 Å². The van der Waals surface area contributed by atoms with Gasteiger partial charge in [0.25, 0.3) is 0 Å². The van der Waals surface area contributed by atoms with Crippen LogP contribution in [-0.2, 0) is 6.18 Å². The molecular weight excluding hydrogens is 231 g/mol. The third kappa shape index (κ3) is 2.41. The van der Waals surface area contributed by atoms with Crippen LogP contribution in [0.3, 0.4) is 0 Å². The maximum Gasteiger partial charge on any atom is 0.417 e. The molecular formula is C9H7ClF3NO. The van der Waals surface area contributed by atoms with Crippen LogP contribution in [0.25, 0.3) is 0 Å². The molecule has 0 atom stereocenters. The van der Waals surface area contributed by atoms with Crippen LogP contribution >= 0.6 is 11.6 Å². The molecule has 15 heavy (non-hydrogen) atoms. The maximum absolute atomic E-state index is 12.5. The van der Waals surface area contributed by atoms with E-state index in [1.165, 1.54) is 6.92 Å². The van der Waals surface area contributed by atoms with Crippen molar-refractivity contribution in [3.8, 4) is 0 Å². The van der Waals surface area contributed by atoms with E-state index in [0.29, 0.717) is 11.6 Å². The summed E-state index contributed by atoms with van der Waals surface area (Å²) in [6, 6.07) is 1.74. The van der Waals surface area contributed by atoms with E-state index in [1.54, 1.807) is 0 Å². The molecule has 0 aliphatic rings. The van der Waals surface area contributed by atoms with Gasteiger partial charge in [0.05, 0.1) is 11.1 Å². The molecule has 1 amide bonds. The Balaban J connectivity index is 3.49. The van der Waals surface area contributed by atoms with Crippen LogP contribution in [0.15, 0.2) is 12.1 Å². The minimum absolute atomic E-state index is 0.0488. The molecule has 6 heteroatoms. The van der Waals surface area contributed by atoms with Gasteiger partial charge in [-0.15, -0.1) is 0 Å². The number of carbonyl (C=O) groups excluding carboxylic acids is 1. The van der Waals surface area contributed by atoms with Crippen LogP contribution < -0.4 is 5.73 Å². The quantitative estimate of drug-likeness (QED) is 0.802. The number of nitrogens with two attached hydrogens (primary N) is 1.